The van der Waals surface area contributed by atoms with Crippen LogP contribution in [0.15, 0.2) is 72.1 Å². The first-order chi connectivity index (χ1) is 15.5. The predicted octanol–water partition coefficient (Wildman–Crippen LogP) is 3.56. The van der Waals surface area contributed by atoms with E-state index in [0.29, 0.717) is 42.7 Å². The normalized spacial score (nSPS) is 14.8. The number of nitrogens with zero attached hydrogens (tertiary/aromatic N) is 3. The highest BCUT2D eigenvalue weighted by Gasteiger charge is 2.25. The molecule has 0 unspecified atom stereocenters. The first-order valence-electron chi connectivity index (χ1n) is 10.6. The molecule has 2 heterocycles. The molecule has 1 aliphatic rings. The zero-order chi connectivity index (χ0) is 22.6. The van der Waals surface area contributed by atoms with Crippen LogP contribution in [-0.2, 0) is 10.0 Å². The van der Waals surface area contributed by atoms with Crippen molar-refractivity contribution in [1.29, 1.82) is 0 Å². The van der Waals surface area contributed by atoms with Crippen LogP contribution in [0.4, 0.5) is 5.69 Å². The lowest BCUT2D eigenvalue weighted by atomic mass is 10.0. The molecule has 2 aromatic carbocycles. The van der Waals surface area contributed by atoms with E-state index in [2.05, 4.69) is 14.3 Å². The van der Waals surface area contributed by atoms with Crippen LogP contribution in [0.3, 0.4) is 0 Å². The number of amides is 1. The summed E-state index contributed by atoms with van der Waals surface area (Å²) in [5.41, 5.74) is 0.917. The number of likely N-dealkylation sites (tertiary alicyclic amines) is 1. The van der Waals surface area contributed by atoms with Gasteiger partial charge in [0.15, 0.2) is 0 Å². The van der Waals surface area contributed by atoms with Crippen LogP contribution >= 0.6 is 0 Å². The minimum Gasteiger partial charge on any atom is -0.494 e. The molecular weight excluding hydrogens is 428 g/mol. The molecule has 1 amide bonds. The van der Waals surface area contributed by atoms with Gasteiger partial charge in [0.2, 0.25) is 0 Å². The third kappa shape index (κ3) is 4.94. The maximum absolute atomic E-state index is 12.9. The van der Waals surface area contributed by atoms with Gasteiger partial charge in [0.05, 0.1) is 17.8 Å². The maximum atomic E-state index is 12.9. The van der Waals surface area contributed by atoms with E-state index in [4.69, 9.17) is 4.74 Å². The molecule has 1 saturated heterocycles. The number of imidazole rings is 1. The summed E-state index contributed by atoms with van der Waals surface area (Å²) in [6, 6.07) is 13.1. The molecule has 0 saturated carbocycles. The fraction of sp³-hybridized carbons (Fsp3) is 0.304. The minimum absolute atomic E-state index is 0.0856. The number of anilines is 1. The summed E-state index contributed by atoms with van der Waals surface area (Å²) in [6.07, 6.45) is 7.24. The van der Waals surface area contributed by atoms with Crippen LogP contribution in [0.25, 0.3) is 0 Å². The molecular formula is C23H26N4O4S. The number of sulfonamides is 1. The van der Waals surface area contributed by atoms with Gasteiger partial charge in [0, 0.05) is 42.8 Å². The number of piperidine rings is 1. The summed E-state index contributed by atoms with van der Waals surface area (Å²) >= 11 is 0. The Morgan fingerprint density at radius 3 is 2.38 bits per heavy atom. The highest BCUT2D eigenvalue weighted by Crippen LogP contribution is 2.24. The molecule has 0 spiro atoms. The largest absolute Gasteiger partial charge is 0.494 e. The Labute approximate surface area is 187 Å². The second-order valence-corrected chi connectivity index (χ2v) is 9.30. The Morgan fingerprint density at radius 1 is 1.09 bits per heavy atom. The molecule has 1 N–H and O–H groups in total. The Bertz CT molecular complexity index is 1140. The number of carbonyl (C=O) groups is 1. The van der Waals surface area contributed by atoms with Crippen molar-refractivity contribution in [2.24, 2.45) is 0 Å². The van der Waals surface area contributed by atoms with E-state index in [1.54, 1.807) is 42.6 Å². The Morgan fingerprint density at radius 2 is 1.78 bits per heavy atom. The molecule has 9 heteroatoms. The summed E-state index contributed by atoms with van der Waals surface area (Å²) in [4.78, 5) is 18.9. The quantitative estimate of drug-likeness (QED) is 0.589. The van der Waals surface area contributed by atoms with Crippen LogP contribution in [0, 0.1) is 0 Å². The third-order valence-corrected chi connectivity index (χ3v) is 6.92. The topological polar surface area (TPSA) is 93.5 Å². The van der Waals surface area contributed by atoms with Crippen LogP contribution in [0.2, 0.25) is 0 Å². The number of nitrogens with one attached hydrogen (secondary N) is 1. The van der Waals surface area contributed by atoms with E-state index in [1.165, 1.54) is 12.1 Å². The van der Waals surface area contributed by atoms with E-state index in [-0.39, 0.29) is 10.8 Å². The van der Waals surface area contributed by atoms with Crippen LogP contribution in [0.5, 0.6) is 5.75 Å². The SMILES string of the molecule is CCOc1ccc(NS(=O)(=O)c2ccc(C(=O)N3CCC(n4ccnc4)CC3)cc2)cc1. The van der Waals surface area contributed by atoms with Gasteiger partial charge < -0.3 is 14.2 Å². The van der Waals surface area contributed by atoms with Gasteiger partial charge in [-0.05, 0) is 68.3 Å². The number of ether oxygens (including phenoxy) is 1. The van der Waals surface area contributed by atoms with Crippen molar-refractivity contribution < 1.29 is 17.9 Å². The molecule has 0 atom stereocenters. The summed E-state index contributed by atoms with van der Waals surface area (Å²) in [7, 11) is -3.76. The van der Waals surface area contributed by atoms with Crippen molar-refractivity contribution in [3.63, 3.8) is 0 Å². The van der Waals surface area contributed by atoms with Gasteiger partial charge in [0.25, 0.3) is 15.9 Å². The first kappa shape index (κ1) is 21.9. The first-order valence-corrected chi connectivity index (χ1v) is 12.1. The molecule has 32 heavy (non-hydrogen) atoms. The maximum Gasteiger partial charge on any atom is 0.261 e. The summed E-state index contributed by atoms with van der Waals surface area (Å²) in [5.74, 6) is 0.588. The fourth-order valence-corrected chi connectivity index (χ4v) is 4.87. The van der Waals surface area contributed by atoms with Crippen molar-refractivity contribution in [3.8, 4) is 5.75 Å². The van der Waals surface area contributed by atoms with Gasteiger partial charge in [-0.1, -0.05) is 0 Å². The van der Waals surface area contributed by atoms with Gasteiger partial charge in [-0.25, -0.2) is 13.4 Å². The predicted molar refractivity (Wildman–Crippen MR) is 121 cm³/mol. The Kier molecular flexibility index (Phi) is 6.45. The standard InChI is InChI=1S/C23H26N4O4S/c1-2-31-21-7-5-19(6-8-21)25-32(29,30)22-9-3-18(4-10-22)23(28)26-14-11-20(12-15-26)27-16-13-24-17-27/h3-10,13,16-17,20,25H,2,11-12,14-15H2,1H3. The molecule has 0 radical (unpaired) electrons. The molecule has 4 rings (SSSR count). The summed E-state index contributed by atoms with van der Waals surface area (Å²) in [6.45, 7) is 3.73. The molecule has 1 aromatic heterocycles. The monoisotopic (exact) mass is 454 g/mol. The zero-order valence-corrected chi connectivity index (χ0v) is 18.7. The molecule has 3 aromatic rings. The molecule has 168 valence electrons. The van der Waals surface area contributed by atoms with Crippen LogP contribution < -0.4 is 9.46 Å². The molecule has 1 fully saturated rings. The van der Waals surface area contributed by atoms with E-state index >= 15 is 0 Å². The number of hydrogen-bond donors (Lipinski definition) is 1. The number of aromatic nitrogens is 2. The van der Waals surface area contributed by atoms with E-state index in [0.717, 1.165) is 12.8 Å². The van der Waals surface area contributed by atoms with Crippen molar-refractivity contribution in [2.75, 3.05) is 24.4 Å². The number of hydrogen-bond acceptors (Lipinski definition) is 5. The molecule has 0 bridgehead atoms. The van der Waals surface area contributed by atoms with Crippen molar-refractivity contribution in [3.05, 3.63) is 72.8 Å². The Balaban J connectivity index is 1.38. The highest BCUT2D eigenvalue weighted by molar-refractivity contribution is 7.92. The molecule has 0 aliphatic carbocycles. The van der Waals surface area contributed by atoms with Gasteiger partial charge in [-0.2, -0.15) is 0 Å². The highest BCUT2D eigenvalue weighted by atomic mass is 32.2. The Hall–Kier alpha value is -3.33. The minimum atomic E-state index is -3.76. The van der Waals surface area contributed by atoms with E-state index in [1.807, 2.05) is 24.3 Å². The number of benzene rings is 2. The second kappa shape index (κ2) is 9.44. The van der Waals surface area contributed by atoms with Crippen LogP contribution in [0.1, 0.15) is 36.2 Å². The summed E-state index contributed by atoms with van der Waals surface area (Å²) in [5, 5.41) is 0. The lowest BCUT2D eigenvalue weighted by molar-refractivity contribution is 0.0694. The third-order valence-electron chi connectivity index (χ3n) is 5.53. The van der Waals surface area contributed by atoms with Crippen LogP contribution in [-0.4, -0.2) is 48.5 Å². The number of rotatable bonds is 7. The van der Waals surface area contributed by atoms with Crippen molar-refractivity contribution in [1.82, 2.24) is 14.5 Å². The summed E-state index contributed by atoms with van der Waals surface area (Å²) < 4.78 is 35.4. The lowest BCUT2D eigenvalue weighted by Gasteiger charge is -2.32. The van der Waals surface area contributed by atoms with E-state index < -0.39 is 10.0 Å². The molecule has 1 aliphatic heterocycles. The van der Waals surface area contributed by atoms with Gasteiger partial charge in [-0.15, -0.1) is 0 Å². The van der Waals surface area contributed by atoms with Crippen molar-refractivity contribution in [2.45, 2.75) is 30.7 Å². The second-order valence-electron chi connectivity index (χ2n) is 7.62. The van der Waals surface area contributed by atoms with Gasteiger partial charge >= 0.3 is 0 Å². The van der Waals surface area contributed by atoms with Gasteiger partial charge in [-0.3, -0.25) is 9.52 Å². The fourth-order valence-electron chi connectivity index (χ4n) is 3.81. The van der Waals surface area contributed by atoms with Gasteiger partial charge in [0.1, 0.15) is 5.75 Å². The van der Waals surface area contributed by atoms with E-state index in [9.17, 15) is 13.2 Å². The lowest BCUT2D eigenvalue weighted by Crippen LogP contribution is -2.38. The zero-order valence-electron chi connectivity index (χ0n) is 17.8. The smallest absolute Gasteiger partial charge is 0.261 e. The van der Waals surface area contributed by atoms with Crippen molar-refractivity contribution >= 4 is 21.6 Å². The molecule has 8 nitrogen and oxygen atoms in total. The number of carbonyl (C=O) groups excluding carboxylic acids is 1. The average molecular weight is 455 g/mol. The average Bonchev–Trinajstić information content (AvgIpc) is 3.35.